The molecule has 1 aliphatic rings. The van der Waals surface area contributed by atoms with Gasteiger partial charge < -0.3 is 20.1 Å². The third kappa shape index (κ3) is 7.61. The second-order valence-electron chi connectivity index (χ2n) is 6.38. The number of nitrogens with zero attached hydrogens (tertiary/aromatic N) is 2. The molecule has 1 atom stereocenters. The lowest BCUT2D eigenvalue weighted by Gasteiger charge is -2.34. The number of morpholine rings is 1. The molecule has 0 aromatic carbocycles. The second kappa shape index (κ2) is 13.1. The van der Waals surface area contributed by atoms with Crippen LogP contribution >= 0.6 is 11.3 Å². The monoisotopic (exact) mass is 382 g/mol. The third-order valence-electron chi connectivity index (χ3n) is 4.44. The molecule has 1 aromatic heterocycles. The molecular weight excluding hydrogens is 348 g/mol. The molecule has 26 heavy (non-hydrogen) atoms. The van der Waals surface area contributed by atoms with Gasteiger partial charge in [0.15, 0.2) is 5.96 Å². The molecule has 2 heterocycles. The van der Waals surface area contributed by atoms with Crippen molar-refractivity contribution in [2.24, 2.45) is 4.99 Å². The van der Waals surface area contributed by atoms with Crippen molar-refractivity contribution in [3.8, 4) is 0 Å². The Bertz CT molecular complexity index is 490. The summed E-state index contributed by atoms with van der Waals surface area (Å²) >= 11 is 1.82. The zero-order chi connectivity index (χ0) is 18.5. The van der Waals surface area contributed by atoms with Crippen molar-refractivity contribution in [3.05, 3.63) is 22.4 Å². The molecule has 6 nitrogen and oxygen atoms in total. The third-order valence-corrected chi connectivity index (χ3v) is 5.42. The van der Waals surface area contributed by atoms with E-state index in [4.69, 9.17) is 9.47 Å². The van der Waals surface area contributed by atoms with Crippen LogP contribution in [0.5, 0.6) is 0 Å². The van der Waals surface area contributed by atoms with Crippen LogP contribution in [0.1, 0.15) is 37.1 Å². The number of thiophene rings is 1. The van der Waals surface area contributed by atoms with Crippen molar-refractivity contribution >= 4 is 17.3 Å². The van der Waals surface area contributed by atoms with Gasteiger partial charge in [-0.2, -0.15) is 0 Å². The smallest absolute Gasteiger partial charge is 0.191 e. The van der Waals surface area contributed by atoms with Gasteiger partial charge in [-0.15, -0.1) is 11.3 Å². The average Bonchev–Trinajstić information content (AvgIpc) is 3.21. The van der Waals surface area contributed by atoms with Crippen molar-refractivity contribution < 1.29 is 9.47 Å². The number of ether oxygens (including phenoxy) is 2. The molecule has 148 valence electrons. The van der Waals surface area contributed by atoms with Crippen LogP contribution in [-0.4, -0.2) is 70.5 Å². The molecule has 1 fully saturated rings. The quantitative estimate of drug-likeness (QED) is 0.350. The molecule has 0 saturated carbocycles. The number of unbranched alkanes of at least 4 members (excludes halogenated alkanes) is 1. The standard InChI is InChI=1S/C19H34N4O2S/c1-3-4-11-24-12-6-8-21-19(20-2)22-16-17(18-7-5-15-26-18)23-9-13-25-14-10-23/h5,7,15,17H,3-4,6,8-14,16H2,1-2H3,(H2,20,21,22). The van der Waals surface area contributed by atoms with Crippen LogP contribution < -0.4 is 10.6 Å². The normalized spacial score (nSPS) is 17.2. The maximum atomic E-state index is 5.60. The van der Waals surface area contributed by atoms with Crippen molar-refractivity contribution in [3.63, 3.8) is 0 Å². The maximum Gasteiger partial charge on any atom is 0.191 e. The molecular formula is C19H34N4O2S. The van der Waals surface area contributed by atoms with Gasteiger partial charge in [0.25, 0.3) is 0 Å². The van der Waals surface area contributed by atoms with Crippen LogP contribution in [0, 0.1) is 0 Å². The van der Waals surface area contributed by atoms with E-state index in [9.17, 15) is 0 Å². The van der Waals surface area contributed by atoms with E-state index in [-0.39, 0.29) is 0 Å². The molecule has 0 aliphatic carbocycles. The van der Waals surface area contributed by atoms with Gasteiger partial charge in [-0.3, -0.25) is 9.89 Å². The molecule has 0 amide bonds. The predicted octanol–water partition coefficient (Wildman–Crippen LogP) is 2.49. The lowest BCUT2D eigenvalue weighted by molar-refractivity contribution is 0.0177. The van der Waals surface area contributed by atoms with E-state index < -0.39 is 0 Å². The van der Waals surface area contributed by atoms with E-state index in [1.807, 2.05) is 18.4 Å². The zero-order valence-corrected chi connectivity index (χ0v) is 17.0. The highest BCUT2D eigenvalue weighted by Crippen LogP contribution is 2.25. The molecule has 0 radical (unpaired) electrons. The SMILES string of the molecule is CCCCOCCCNC(=NC)NCC(c1cccs1)N1CCOCC1. The highest BCUT2D eigenvalue weighted by atomic mass is 32.1. The fourth-order valence-corrected chi connectivity index (χ4v) is 3.78. The minimum atomic E-state index is 0.356. The summed E-state index contributed by atoms with van der Waals surface area (Å²) < 4.78 is 11.1. The van der Waals surface area contributed by atoms with E-state index in [1.54, 1.807) is 0 Å². The first-order valence-electron chi connectivity index (χ1n) is 9.72. The molecule has 1 aromatic rings. The van der Waals surface area contributed by atoms with Gasteiger partial charge in [-0.25, -0.2) is 0 Å². The number of hydrogen-bond acceptors (Lipinski definition) is 5. The van der Waals surface area contributed by atoms with Crippen LogP contribution in [0.25, 0.3) is 0 Å². The average molecular weight is 383 g/mol. The largest absolute Gasteiger partial charge is 0.381 e. The van der Waals surface area contributed by atoms with Crippen molar-refractivity contribution in [1.82, 2.24) is 15.5 Å². The summed E-state index contributed by atoms with van der Waals surface area (Å²) in [5.41, 5.74) is 0. The lowest BCUT2D eigenvalue weighted by Crippen LogP contribution is -2.46. The Hall–Kier alpha value is -1.15. The fourth-order valence-electron chi connectivity index (χ4n) is 2.92. The Morgan fingerprint density at radius 2 is 2.12 bits per heavy atom. The summed E-state index contributed by atoms with van der Waals surface area (Å²) in [5, 5.41) is 9.02. The number of hydrogen-bond donors (Lipinski definition) is 2. The van der Waals surface area contributed by atoms with Gasteiger partial charge in [0.2, 0.25) is 0 Å². The van der Waals surface area contributed by atoms with E-state index in [2.05, 4.69) is 45.0 Å². The summed E-state index contributed by atoms with van der Waals surface area (Å²) in [7, 11) is 1.82. The second-order valence-corrected chi connectivity index (χ2v) is 7.36. The summed E-state index contributed by atoms with van der Waals surface area (Å²) in [6.45, 7) is 9.14. The molecule has 2 rings (SSSR count). The van der Waals surface area contributed by atoms with Gasteiger partial charge >= 0.3 is 0 Å². The zero-order valence-electron chi connectivity index (χ0n) is 16.2. The van der Waals surface area contributed by atoms with Gasteiger partial charge in [-0.05, 0) is 24.3 Å². The van der Waals surface area contributed by atoms with E-state index in [0.29, 0.717) is 6.04 Å². The summed E-state index contributed by atoms with van der Waals surface area (Å²) in [6.07, 6.45) is 3.31. The number of aliphatic imine (C=N–C) groups is 1. The predicted molar refractivity (Wildman–Crippen MR) is 109 cm³/mol. The molecule has 1 unspecified atom stereocenters. The van der Waals surface area contributed by atoms with Crippen molar-refractivity contribution in [2.45, 2.75) is 32.2 Å². The highest BCUT2D eigenvalue weighted by Gasteiger charge is 2.23. The maximum absolute atomic E-state index is 5.60. The first kappa shape index (κ1) is 21.2. The van der Waals surface area contributed by atoms with Crippen LogP contribution in [0.2, 0.25) is 0 Å². The van der Waals surface area contributed by atoms with Crippen LogP contribution in [-0.2, 0) is 9.47 Å². The highest BCUT2D eigenvalue weighted by molar-refractivity contribution is 7.10. The van der Waals surface area contributed by atoms with Crippen LogP contribution in [0.4, 0.5) is 0 Å². The van der Waals surface area contributed by atoms with Crippen molar-refractivity contribution in [2.75, 3.05) is 59.7 Å². The number of nitrogens with one attached hydrogen (secondary N) is 2. The van der Waals surface area contributed by atoms with Crippen molar-refractivity contribution in [1.29, 1.82) is 0 Å². The Kier molecular flexibility index (Phi) is 10.6. The van der Waals surface area contributed by atoms with Gasteiger partial charge in [0.1, 0.15) is 0 Å². The Labute approximate surface area is 162 Å². The number of guanidine groups is 1. The Morgan fingerprint density at radius 1 is 1.31 bits per heavy atom. The van der Waals surface area contributed by atoms with Gasteiger partial charge in [0.05, 0.1) is 19.3 Å². The molecule has 1 saturated heterocycles. The number of rotatable bonds is 11. The van der Waals surface area contributed by atoms with Crippen LogP contribution in [0.3, 0.4) is 0 Å². The minimum absolute atomic E-state index is 0.356. The Balaban J connectivity index is 1.73. The summed E-state index contributed by atoms with van der Waals surface area (Å²) in [4.78, 5) is 8.23. The lowest BCUT2D eigenvalue weighted by atomic mass is 10.2. The molecule has 0 spiro atoms. The molecule has 2 N–H and O–H groups in total. The molecule has 0 bridgehead atoms. The van der Waals surface area contributed by atoms with E-state index in [0.717, 1.165) is 71.4 Å². The van der Waals surface area contributed by atoms with Crippen LogP contribution in [0.15, 0.2) is 22.5 Å². The first-order valence-corrected chi connectivity index (χ1v) is 10.6. The Morgan fingerprint density at radius 3 is 2.81 bits per heavy atom. The topological polar surface area (TPSA) is 58.1 Å². The summed E-state index contributed by atoms with van der Waals surface area (Å²) in [5.74, 6) is 0.855. The minimum Gasteiger partial charge on any atom is -0.381 e. The first-order chi connectivity index (χ1) is 12.8. The summed E-state index contributed by atoms with van der Waals surface area (Å²) in [6, 6.07) is 4.70. The van der Waals surface area contributed by atoms with E-state index >= 15 is 0 Å². The van der Waals surface area contributed by atoms with Gasteiger partial charge in [0, 0.05) is 51.3 Å². The fraction of sp³-hybridized carbons (Fsp3) is 0.737. The van der Waals surface area contributed by atoms with E-state index in [1.165, 1.54) is 11.3 Å². The molecule has 1 aliphatic heterocycles. The molecule has 7 heteroatoms. The van der Waals surface area contributed by atoms with Gasteiger partial charge in [-0.1, -0.05) is 19.4 Å².